The molecule has 2 aromatic carbocycles. The van der Waals surface area contributed by atoms with Gasteiger partial charge in [-0.2, -0.15) is 0 Å². The quantitative estimate of drug-likeness (QED) is 0.433. The van der Waals surface area contributed by atoms with Crippen molar-refractivity contribution in [3.05, 3.63) is 39.4 Å². The Morgan fingerprint density at radius 1 is 1.10 bits per heavy atom. The van der Waals surface area contributed by atoms with E-state index in [-0.39, 0.29) is 50.8 Å². The zero-order valence-electron chi connectivity index (χ0n) is 16.1. The Bertz CT molecular complexity index is 1120. The van der Waals surface area contributed by atoms with Crippen LogP contribution in [0.25, 0.3) is 0 Å². The van der Waals surface area contributed by atoms with Crippen molar-refractivity contribution in [1.82, 2.24) is 0 Å². The first kappa shape index (κ1) is 19.7. The number of ether oxygens (including phenoxy) is 5. The maximum absolute atomic E-state index is 12.9. The fraction of sp³-hybridized carbons (Fsp3) is 0.250. The molecule has 0 amide bonds. The smallest absolute Gasteiger partial charge is 0.347 e. The number of aliphatic hydroxyl groups excluding tert-OH is 1. The zero-order chi connectivity index (χ0) is 21.7. The minimum absolute atomic E-state index is 0.0369. The Morgan fingerprint density at radius 2 is 1.83 bits per heavy atom. The van der Waals surface area contributed by atoms with Crippen molar-refractivity contribution in [3.63, 3.8) is 0 Å². The maximum Gasteiger partial charge on any atom is 0.347 e. The molecule has 0 fully saturated rings. The predicted molar refractivity (Wildman–Crippen MR) is 97.3 cm³/mol. The third-order valence-electron chi connectivity index (χ3n) is 4.96. The van der Waals surface area contributed by atoms with Gasteiger partial charge < -0.3 is 33.9 Å². The summed E-state index contributed by atoms with van der Waals surface area (Å²) in [5.74, 6) is -2.94. The second-order valence-corrected chi connectivity index (χ2v) is 6.53. The molecule has 0 spiro atoms. The number of hydrogen-bond acceptors (Lipinski definition) is 10. The topological polar surface area (TPSA) is 138 Å². The molecule has 2 N–H and O–H groups in total. The zero-order valence-corrected chi connectivity index (χ0v) is 16.1. The molecule has 2 aliphatic heterocycles. The first-order valence-corrected chi connectivity index (χ1v) is 8.70. The van der Waals surface area contributed by atoms with Crippen LogP contribution >= 0.6 is 0 Å². The summed E-state index contributed by atoms with van der Waals surface area (Å²) in [4.78, 5) is 37.0. The fourth-order valence-electron chi connectivity index (χ4n) is 3.59. The van der Waals surface area contributed by atoms with Gasteiger partial charge in [0.25, 0.3) is 0 Å². The average molecular weight is 416 g/mol. The van der Waals surface area contributed by atoms with Gasteiger partial charge in [0.2, 0.25) is 6.29 Å². The summed E-state index contributed by atoms with van der Waals surface area (Å²) >= 11 is 0. The lowest BCUT2D eigenvalue weighted by Gasteiger charge is -2.18. The van der Waals surface area contributed by atoms with Gasteiger partial charge in [0, 0.05) is 7.11 Å². The van der Waals surface area contributed by atoms with Crippen LogP contribution in [0.1, 0.15) is 54.1 Å². The van der Waals surface area contributed by atoms with Crippen molar-refractivity contribution in [2.24, 2.45) is 0 Å². The summed E-state index contributed by atoms with van der Waals surface area (Å²) in [5, 5.41) is 20.3. The third kappa shape index (κ3) is 2.54. The molecule has 30 heavy (non-hydrogen) atoms. The minimum Gasteiger partial charge on any atom is -0.507 e. The van der Waals surface area contributed by atoms with Crippen LogP contribution < -0.4 is 14.2 Å². The molecule has 2 heterocycles. The van der Waals surface area contributed by atoms with E-state index in [2.05, 4.69) is 0 Å². The van der Waals surface area contributed by atoms with E-state index in [4.69, 9.17) is 23.7 Å². The van der Waals surface area contributed by atoms with Crippen LogP contribution in [-0.4, -0.2) is 42.7 Å². The number of hydrogen-bond donors (Lipinski definition) is 2. The molecule has 2 aromatic rings. The molecule has 0 saturated heterocycles. The van der Waals surface area contributed by atoms with Gasteiger partial charge in [-0.3, -0.25) is 4.79 Å². The summed E-state index contributed by atoms with van der Waals surface area (Å²) in [6, 6.07) is 1.47. The molecule has 4 rings (SSSR count). The molecular weight excluding hydrogens is 400 g/mol. The summed E-state index contributed by atoms with van der Waals surface area (Å²) < 4.78 is 26.8. The highest BCUT2D eigenvalue weighted by Gasteiger charge is 2.44. The normalized spacial score (nSPS) is 16.5. The molecular formula is C20H16O10. The Hall–Kier alpha value is -3.63. The van der Waals surface area contributed by atoms with E-state index in [1.165, 1.54) is 20.3 Å². The Balaban J connectivity index is 2.11. The van der Waals surface area contributed by atoms with E-state index in [0.29, 0.717) is 11.8 Å². The average Bonchev–Trinajstić information content (AvgIpc) is 2.98. The first-order chi connectivity index (χ1) is 14.4. The second kappa shape index (κ2) is 7.01. The molecule has 0 aromatic heterocycles. The van der Waals surface area contributed by atoms with Crippen LogP contribution in [0.2, 0.25) is 0 Å². The third-order valence-corrected chi connectivity index (χ3v) is 4.96. The van der Waals surface area contributed by atoms with Crippen molar-refractivity contribution in [2.45, 2.75) is 19.8 Å². The van der Waals surface area contributed by atoms with E-state index in [0.717, 1.165) is 0 Å². The minimum atomic E-state index is -1.27. The Morgan fingerprint density at radius 3 is 2.43 bits per heavy atom. The highest BCUT2D eigenvalue weighted by Crippen LogP contribution is 2.54. The van der Waals surface area contributed by atoms with Crippen molar-refractivity contribution in [1.29, 1.82) is 0 Å². The molecule has 0 unspecified atom stereocenters. The van der Waals surface area contributed by atoms with Gasteiger partial charge in [0.15, 0.2) is 23.5 Å². The number of aliphatic hydroxyl groups is 1. The number of aldehydes is 1. The summed E-state index contributed by atoms with van der Waals surface area (Å²) in [7, 11) is 2.61. The molecule has 10 nitrogen and oxygen atoms in total. The Labute approximate surface area is 169 Å². The number of benzene rings is 2. The number of aromatic hydroxyl groups is 1. The van der Waals surface area contributed by atoms with Crippen molar-refractivity contribution in [2.75, 3.05) is 14.2 Å². The molecule has 0 aliphatic carbocycles. The lowest BCUT2D eigenvalue weighted by Crippen LogP contribution is -2.12. The monoisotopic (exact) mass is 416 g/mol. The maximum atomic E-state index is 12.9. The number of rotatable bonds is 4. The summed E-state index contributed by atoms with van der Waals surface area (Å²) in [6.07, 6.45) is -0.815. The highest BCUT2D eigenvalue weighted by molar-refractivity contribution is 6.03. The lowest BCUT2D eigenvalue weighted by molar-refractivity contribution is -0.0823. The second-order valence-electron chi connectivity index (χ2n) is 6.53. The fourth-order valence-corrected chi connectivity index (χ4v) is 3.59. The number of esters is 2. The SMILES string of the molecule is COc1cc(C)c2c(c1C=O)Oc1c(c(CO)c(O)c3c1[C@H](OC)OC3=O)OC2=O. The largest absolute Gasteiger partial charge is 0.507 e. The number of fused-ring (bicyclic) bond motifs is 4. The van der Waals surface area contributed by atoms with Crippen molar-refractivity contribution >= 4 is 18.2 Å². The van der Waals surface area contributed by atoms with Gasteiger partial charge in [0.1, 0.15) is 22.6 Å². The molecule has 0 bridgehead atoms. The van der Waals surface area contributed by atoms with E-state index in [1.807, 2.05) is 0 Å². The van der Waals surface area contributed by atoms with Gasteiger partial charge in [0.05, 0.1) is 30.4 Å². The van der Waals surface area contributed by atoms with E-state index in [9.17, 15) is 24.6 Å². The van der Waals surface area contributed by atoms with Gasteiger partial charge >= 0.3 is 11.9 Å². The van der Waals surface area contributed by atoms with Crippen LogP contribution in [0, 0.1) is 6.92 Å². The molecule has 1 atom stereocenters. The summed E-state index contributed by atoms with van der Waals surface area (Å²) in [6.45, 7) is 0.818. The van der Waals surface area contributed by atoms with Crippen LogP contribution in [0.15, 0.2) is 6.07 Å². The number of methoxy groups -OCH3 is 2. The molecule has 0 radical (unpaired) electrons. The van der Waals surface area contributed by atoms with Gasteiger partial charge in [-0.25, -0.2) is 9.59 Å². The van der Waals surface area contributed by atoms with Crippen molar-refractivity contribution in [3.8, 4) is 28.7 Å². The highest BCUT2D eigenvalue weighted by atomic mass is 16.7. The summed E-state index contributed by atoms with van der Waals surface area (Å²) in [5.41, 5.74) is -0.301. The van der Waals surface area contributed by atoms with E-state index >= 15 is 0 Å². The number of carbonyl (C=O) groups excluding carboxylic acids is 3. The predicted octanol–water partition coefficient (Wildman–Crippen LogP) is 2.15. The van der Waals surface area contributed by atoms with Crippen LogP contribution in [0.3, 0.4) is 0 Å². The lowest BCUT2D eigenvalue weighted by atomic mass is 10.0. The number of aryl methyl sites for hydroxylation is 1. The van der Waals surface area contributed by atoms with Gasteiger partial charge in [-0.1, -0.05) is 0 Å². The number of carbonyl (C=O) groups is 3. The molecule has 0 saturated carbocycles. The van der Waals surface area contributed by atoms with E-state index in [1.54, 1.807) is 6.92 Å². The van der Waals surface area contributed by atoms with Crippen LogP contribution in [0.4, 0.5) is 0 Å². The number of phenols is 1. The van der Waals surface area contributed by atoms with Gasteiger partial charge in [-0.05, 0) is 18.6 Å². The molecule has 10 heteroatoms. The van der Waals surface area contributed by atoms with Crippen LogP contribution in [0.5, 0.6) is 28.7 Å². The van der Waals surface area contributed by atoms with Gasteiger partial charge in [-0.15, -0.1) is 0 Å². The first-order valence-electron chi connectivity index (χ1n) is 8.70. The van der Waals surface area contributed by atoms with Crippen LogP contribution in [-0.2, 0) is 16.1 Å². The molecule has 2 aliphatic rings. The van der Waals surface area contributed by atoms with Crippen molar-refractivity contribution < 1.29 is 48.3 Å². The van der Waals surface area contributed by atoms with E-state index < -0.39 is 30.6 Å². The number of cyclic esters (lactones) is 1. The standard InChI is InChI=1S/C20H16O10/c1-7-4-10(26-2)8(5-21)15-11(7)18(24)29-16-9(6-22)14(23)12-13(17(16)28-15)20(27-3)30-19(12)25/h4-5,20,22-23H,6H2,1-3H3/t20-/m1/s1. The molecule has 156 valence electrons. The Kier molecular flexibility index (Phi) is 4.60.